The Morgan fingerprint density at radius 2 is 1.93 bits per heavy atom. The minimum absolute atomic E-state index is 0.287. The highest BCUT2D eigenvalue weighted by Gasteiger charge is 2.08. The molecule has 0 aliphatic rings. The lowest BCUT2D eigenvalue weighted by Gasteiger charge is -1.96. The maximum atomic E-state index is 8.73. The first kappa shape index (κ1) is 8.26. The van der Waals surface area contributed by atoms with Gasteiger partial charge in [0.1, 0.15) is 11.8 Å². The number of nitrogens with two attached hydrogens (primary N) is 1. The van der Waals surface area contributed by atoms with Gasteiger partial charge in [0.05, 0.1) is 0 Å². The number of benzene rings is 1. The number of hydrogen-bond acceptors (Lipinski definition) is 4. The van der Waals surface area contributed by atoms with Crippen molar-refractivity contribution in [2.45, 2.75) is 0 Å². The third kappa shape index (κ3) is 1.29. The number of nitriles is 1. The van der Waals surface area contributed by atoms with Crippen LogP contribution in [0, 0.1) is 11.3 Å². The number of anilines is 1. The second-order valence-corrected chi connectivity index (χ2v) is 2.75. The number of aromatic amines is 1. The number of nitrogens with zero attached hydrogens (tertiary/aromatic N) is 3. The van der Waals surface area contributed by atoms with Crippen molar-refractivity contribution in [3.8, 4) is 17.3 Å². The maximum absolute atomic E-state index is 8.73. The van der Waals surface area contributed by atoms with E-state index in [2.05, 4.69) is 15.4 Å². The topological polar surface area (TPSA) is 91.4 Å². The molecule has 1 aromatic heterocycles. The maximum Gasteiger partial charge on any atom is 0.190 e. The van der Waals surface area contributed by atoms with Gasteiger partial charge in [-0.1, -0.05) is 12.1 Å². The van der Waals surface area contributed by atoms with Crippen LogP contribution in [0.15, 0.2) is 24.3 Å². The second-order valence-electron chi connectivity index (χ2n) is 2.75. The third-order valence-electron chi connectivity index (χ3n) is 1.84. The van der Waals surface area contributed by atoms with Crippen LogP contribution in [0.4, 0.5) is 5.69 Å². The first-order valence-corrected chi connectivity index (χ1v) is 3.98. The molecule has 0 aliphatic carbocycles. The van der Waals surface area contributed by atoms with Gasteiger partial charge in [0.2, 0.25) is 0 Å². The van der Waals surface area contributed by atoms with E-state index in [-0.39, 0.29) is 5.69 Å². The minimum atomic E-state index is 0.287. The number of H-pyrrole nitrogens is 1. The van der Waals surface area contributed by atoms with E-state index in [0.717, 1.165) is 5.56 Å². The normalized spacial score (nSPS) is 9.64. The van der Waals surface area contributed by atoms with Crippen molar-refractivity contribution in [1.29, 1.82) is 5.26 Å². The number of nitrogen functional groups attached to an aromatic ring is 1. The fourth-order valence-corrected chi connectivity index (χ4v) is 1.15. The Balaban J connectivity index is 2.50. The Labute approximate surface area is 80.2 Å². The molecule has 1 aromatic carbocycles. The summed E-state index contributed by atoms with van der Waals surface area (Å²) in [6.07, 6.45) is 0. The van der Waals surface area contributed by atoms with Crippen molar-refractivity contribution in [2.24, 2.45) is 0 Å². The Morgan fingerprint density at radius 3 is 2.57 bits per heavy atom. The van der Waals surface area contributed by atoms with Gasteiger partial charge in [0.15, 0.2) is 5.69 Å². The van der Waals surface area contributed by atoms with Crippen LogP contribution in [-0.4, -0.2) is 15.4 Å². The lowest BCUT2D eigenvalue weighted by Crippen LogP contribution is -1.85. The summed E-state index contributed by atoms with van der Waals surface area (Å²) in [5, 5.41) is 18.7. The molecule has 0 unspecified atom stereocenters. The molecule has 5 heteroatoms. The summed E-state index contributed by atoms with van der Waals surface area (Å²) in [7, 11) is 0. The molecule has 3 N–H and O–H groups in total. The van der Waals surface area contributed by atoms with Crippen molar-refractivity contribution < 1.29 is 0 Å². The van der Waals surface area contributed by atoms with Crippen LogP contribution in [0.3, 0.4) is 0 Å². The standard InChI is InChI=1S/C9H7N5/c10-5-8-9(13-14-12-8)6-1-3-7(11)4-2-6/h1-4H,11H2,(H,12,13,14). The van der Waals surface area contributed by atoms with Crippen LogP contribution in [0.2, 0.25) is 0 Å². The number of aromatic nitrogens is 3. The molecule has 0 aliphatic heterocycles. The zero-order valence-electron chi connectivity index (χ0n) is 7.23. The fraction of sp³-hybridized carbons (Fsp3) is 0. The summed E-state index contributed by atoms with van der Waals surface area (Å²) in [6, 6.07) is 9.06. The van der Waals surface area contributed by atoms with Crippen LogP contribution in [-0.2, 0) is 0 Å². The minimum Gasteiger partial charge on any atom is -0.399 e. The van der Waals surface area contributed by atoms with Crippen LogP contribution in [0.5, 0.6) is 0 Å². The summed E-state index contributed by atoms with van der Waals surface area (Å²) < 4.78 is 0. The van der Waals surface area contributed by atoms with Crippen LogP contribution < -0.4 is 5.73 Å². The zero-order chi connectivity index (χ0) is 9.97. The van der Waals surface area contributed by atoms with E-state index in [1.165, 1.54) is 0 Å². The van der Waals surface area contributed by atoms with E-state index in [1.54, 1.807) is 24.3 Å². The smallest absolute Gasteiger partial charge is 0.190 e. The Hall–Kier alpha value is -2.35. The van der Waals surface area contributed by atoms with Gasteiger partial charge in [-0.2, -0.15) is 15.6 Å². The molecule has 5 nitrogen and oxygen atoms in total. The van der Waals surface area contributed by atoms with Gasteiger partial charge in [-0.25, -0.2) is 0 Å². The predicted octanol–water partition coefficient (Wildman–Crippen LogP) is 0.926. The van der Waals surface area contributed by atoms with Crippen molar-refractivity contribution >= 4 is 5.69 Å². The molecule has 0 saturated heterocycles. The first-order chi connectivity index (χ1) is 6.81. The monoisotopic (exact) mass is 185 g/mol. The molecule has 0 spiro atoms. The van der Waals surface area contributed by atoms with Gasteiger partial charge in [-0.3, -0.25) is 0 Å². The molecule has 2 aromatic rings. The molecule has 0 atom stereocenters. The van der Waals surface area contributed by atoms with Gasteiger partial charge in [-0.15, -0.1) is 5.10 Å². The van der Waals surface area contributed by atoms with E-state index in [1.807, 2.05) is 6.07 Å². The Morgan fingerprint density at radius 1 is 1.21 bits per heavy atom. The van der Waals surface area contributed by atoms with Gasteiger partial charge < -0.3 is 5.73 Å². The quantitative estimate of drug-likeness (QED) is 0.646. The summed E-state index contributed by atoms with van der Waals surface area (Å²) >= 11 is 0. The predicted molar refractivity (Wildman–Crippen MR) is 50.9 cm³/mol. The summed E-state index contributed by atoms with van der Waals surface area (Å²) in [6.45, 7) is 0. The van der Waals surface area contributed by atoms with Crippen molar-refractivity contribution in [3.63, 3.8) is 0 Å². The molecule has 0 fully saturated rings. The van der Waals surface area contributed by atoms with Gasteiger partial charge >= 0.3 is 0 Å². The van der Waals surface area contributed by atoms with E-state index in [0.29, 0.717) is 11.4 Å². The van der Waals surface area contributed by atoms with E-state index >= 15 is 0 Å². The summed E-state index contributed by atoms with van der Waals surface area (Å²) in [5.74, 6) is 0. The molecular formula is C9H7N5. The van der Waals surface area contributed by atoms with E-state index < -0.39 is 0 Å². The van der Waals surface area contributed by atoms with Crippen LogP contribution in [0.25, 0.3) is 11.3 Å². The number of nitrogens with one attached hydrogen (secondary N) is 1. The molecule has 0 radical (unpaired) electrons. The SMILES string of the molecule is N#Cc1n[nH]nc1-c1ccc(N)cc1. The zero-order valence-corrected chi connectivity index (χ0v) is 7.23. The van der Waals surface area contributed by atoms with Gasteiger partial charge in [0, 0.05) is 11.3 Å². The summed E-state index contributed by atoms with van der Waals surface area (Å²) in [4.78, 5) is 0. The van der Waals surface area contributed by atoms with E-state index in [4.69, 9.17) is 11.0 Å². The molecule has 14 heavy (non-hydrogen) atoms. The van der Waals surface area contributed by atoms with Crippen molar-refractivity contribution in [2.75, 3.05) is 5.73 Å². The molecule has 0 bridgehead atoms. The fourth-order valence-electron chi connectivity index (χ4n) is 1.15. The Kier molecular flexibility index (Phi) is 1.88. The highest BCUT2D eigenvalue weighted by Crippen LogP contribution is 2.19. The first-order valence-electron chi connectivity index (χ1n) is 3.98. The number of rotatable bonds is 1. The Bertz CT molecular complexity index is 477. The number of hydrogen-bond donors (Lipinski definition) is 2. The molecular weight excluding hydrogens is 178 g/mol. The molecule has 1 heterocycles. The second kappa shape index (κ2) is 3.18. The summed E-state index contributed by atoms with van der Waals surface area (Å²) in [5.41, 5.74) is 7.88. The lowest BCUT2D eigenvalue weighted by molar-refractivity contribution is 0.937. The molecule has 0 saturated carbocycles. The largest absolute Gasteiger partial charge is 0.399 e. The molecule has 0 amide bonds. The highest BCUT2D eigenvalue weighted by atomic mass is 15.3. The average molecular weight is 185 g/mol. The van der Waals surface area contributed by atoms with Gasteiger partial charge in [0.25, 0.3) is 0 Å². The molecule has 2 rings (SSSR count). The lowest BCUT2D eigenvalue weighted by atomic mass is 10.1. The third-order valence-corrected chi connectivity index (χ3v) is 1.84. The van der Waals surface area contributed by atoms with Crippen LogP contribution >= 0.6 is 0 Å². The van der Waals surface area contributed by atoms with Crippen molar-refractivity contribution in [3.05, 3.63) is 30.0 Å². The molecule has 68 valence electrons. The van der Waals surface area contributed by atoms with E-state index in [9.17, 15) is 0 Å². The highest BCUT2D eigenvalue weighted by molar-refractivity contribution is 5.65. The van der Waals surface area contributed by atoms with Gasteiger partial charge in [-0.05, 0) is 12.1 Å². The average Bonchev–Trinajstić information content (AvgIpc) is 2.67. The van der Waals surface area contributed by atoms with Crippen molar-refractivity contribution in [1.82, 2.24) is 15.4 Å². The van der Waals surface area contributed by atoms with Crippen LogP contribution in [0.1, 0.15) is 5.69 Å².